The first kappa shape index (κ1) is 18.9. The summed E-state index contributed by atoms with van der Waals surface area (Å²) >= 11 is 0. The highest BCUT2D eigenvalue weighted by atomic mass is 16.2. The van der Waals surface area contributed by atoms with Crippen LogP contribution in [-0.2, 0) is 6.42 Å². The molecule has 1 amide bonds. The van der Waals surface area contributed by atoms with Crippen LogP contribution in [0.25, 0.3) is 0 Å². The van der Waals surface area contributed by atoms with E-state index >= 15 is 0 Å². The maximum atomic E-state index is 12.7. The number of carbonyl (C=O) groups is 1. The molecule has 0 aliphatic rings. The molecule has 5 nitrogen and oxygen atoms in total. The fraction of sp³-hybridized carbons (Fsp3) is 0.450. The van der Waals surface area contributed by atoms with Crippen LogP contribution in [0, 0.1) is 0 Å². The van der Waals surface area contributed by atoms with Gasteiger partial charge in [0.25, 0.3) is 5.91 Å². The van der Waals surface area contributed by atoms with Crippen molar-refractivity contribution in [3.05, 3.63) is 54.1 Å². The monoisotopic (exact) mass is 340 g/mol. The van der Waals surface area contributed by atoms with Gasteiger partial charge in [-0.2, -0.15) is 0 Å². The lowest BCUT2D eigenvalue weighted by atomic mass is 10.1. The number of nitrogens with zero attached hydrogens (tertiary/aromatic N) is 4. The Kier molecular flexibility index (Phi) is 7.38. The van der Waals surface area contributed by atoms with Gasteiger partial charge < -0.3 is 9.80 Å². The zero-order valence-corrected chi connectivity index (χ0v) is 15.5. The first-order valence-electron chi connectivity index (χ1n) is 9.00. The van der Waals surface area contributed by atoms with Gasteiger partial charge in [-0.25, -0.2) is 0 Å². The number of aromatic nitrogens is 2. The van der Waals surface area contributed by atoms with Crippen LogP contribution in [0.15, 0.2) is 43.0 Å². The number of hydrogen-bond donors (Lipinski definition) is 0. The highest BCUT2D eigenvalue weighted by Gasteiger charge is 2.15. The Morgan fingerprint density at radius 2 is 1.68 bits per heavy atom. The molecular weight excluding hydrogens is 312 g/mol. The molecule has 0 fully saturated rings. The zero-order chi connectivity index (χ0) is 18.1. The maximum Gasteiger partial charge on any atom is 0.255 e. The first-order chi connectivity index (χ1) is 12.2. The van der Waals surface area contributed by atoms with E-state index in [1.54, 1.807) is 6.20 Å². The number of rotatable bonds is 9. The largest absolute Gasteiger partial charge is 0.373 e. The molecule has 2 aromatic rings. The minimum absolute atomic E-state index is 0.0700. The molecule has 134 valence electrons. The van der Waals surface area contributed by atoms with Gasteiger partial charge in [0.2, 0.25) is 0 Å². The van der Waals surface area contributed by atoms with Crippen molar-refractivity contribution in [2.24, 2.45) is 0 Å². The standard InChI is InChI=1S/C20H28N4O/c1-4-11-24(12-5-2)20(25)18-14-19(16-22-15-18)23(3)13-8-17-6-9-21-10-7-17/h6-7,9-10,14-16H,4-5,8,11-13H2,1-3H3. The summed E-state index contributed by atoms with van der Waals surface area (Å²) in [6.07, 6.45) is 9.96. The first-order valence-corrected chi connectivity index (χ1v) is 9.00. The highest BCUT2D eigenvalue weighted by molar-refractivity contribution is 5.94. The normalized spacial score (nSPS) is 10.5. The van der Waals surface area contributed by atoms with Gasteiger partial charge in [0.1, 0.15) is 0 Å². The molecule has 0 unspecified atom stereocenters. The van der Waals surface area contributed by atoms with E-state index in [4.69, 9.17) is 0 Å². The molecule has 0 aromatic carbocycles. The van der Waals surface area contributed by atoms with E-state index in [9.17, 15) is 4.79 Å². The van der Waals surface area contributed by atoms with E-state index in [1.165, 1.54) is 5.56 Å². The summed E-state index contributed by atoms with van der Waals surface area (Å²) in [7, 11) is 2.03. The van der Waals surface area contributed by atoms with Crippen molar-refractivity contribution in [2.75, 3.05) is 31.6 Å². The molecule has 0 atom stereocenters. The van der Waals surface area contributed by atoms with Gasteiger partial charge in [-0.15, -0.1) is 0 Å². The van der Waals surface area contributed by atoms with Gasteiger partial charge in [-0.05, 0) is 43.0 Å². The summed E-state index contributed by atoms with van der Waals surface area (Å²) in [6.45, 7) is 6.62. The van der Waals surface area contributed by atoms with Crippen LogP contribution < -0.4 is 4.90 Å². The highest BCUT2D eigenvalue weighted by Crippen LogP contribution is 2.16. The van der Waals surface area contributed by atoms with Crippen molar-refractivity contribution < 1.29 is 4.79 Å². The lowest BCUT2D eigenvalue weighted by Gasteiger charge is -2.23. The third kappa shape index (κ3) is 5.55. The molecule has 0 bridgehead atoms. The number of anilines is 1. The fourth-order valence-corrected chi connectivity index (χ4v) is 2.77. The van der Waals surface area contributed by atoms with E-state index in [2.05, 4.69) is 28.7 Å². The summed E-state index contributed by atoms with van der Waals surface area (Å²) in [5.74, 6) is 0.0700. The zero-order valence-electron chi connectivity index (χ0n) is 15.5. The summed E-state index contributed by atoms with van der Waals surface area (Å²) in [5.41, 5.74) is 2.88. The van der Waals surface area contributed by atoms with Crippen LogP contribution in [0.3, 0.4) is 0 Å². The second-order valence-electron chi connectivity index (χ2n) is 6.25. The minimum Gasteiger partial charge on any atom is -0.373 e. The van der Waals surface area contributed by atoms with Gasteiger partial charge >= 0.3 is 0 Å². The van der Waals surface area contributed by atoms with Crippen LogP contribution in [-0.4, -0.2) is 47.5 Å². The Morgan fingerprint density at radius 3 is 2.32 bits per heavy atom. The molecule has 25 heavy (non-hydrogen) atoms. The predicted octanol–water partition coefficient (Wildman–Crippen LogP) is 3.42. The molecule has 2 aromatic heterocycles. The summed E-state index contributed by atoms with van der Waals surface area (Å²) < 4.78 is 0. The van der Waals surface area contributed by atoms with E-state index in [1.807, 2.05) is 48.7 Å². The number of amides is 1. The quantitative estimate of drug-likeness (QED) is 0.702. The van der Waals surface area contributed by atoms with Crippen molar-refractivity contribution >= 4 is 11.6 Å². The third-order valence-electron chi connectivity index (χ3n) is 4.17. The van der Waals surface area contributed by atoms with Crippen LogP contribution in [0.2, 0.25) is 0 Å². The molecular formula is C20H28N4O. The lowest BCUT2D eigenvalue weighted by Crippen LogP contribution is -2.32. The Hall–Kier alpha value is -2.43. The van der Waals surface area contributed by atoms with Crippen molar-refractivity contribution in [1.29, 1.82) is 0 Å². The second kappa shape index (κ2) is 9.77. The topological polar surface area (TPSA) is 49.3 Å². The van der Waals surface area contributed by atoms with Gasteiger partial charge in [0, 0.05) is 45.3 Å². The summed E-state index contributed by atoms with van der Waals surface area (Å²) in [5, 5.41) is 0. The van der Waals surface area contributed by atoms with Gasteiger partial charge in [-0.3, -0.25) is 14.8 Å². The Balaban J connectivity index is 2.05. The Bertz CT molecular complexity index is 654. The smallest absolute Gasteiger partial charge is 0.255 e. The van der Waals surface area contributed by atoms with Crippen molar-refractivity contribution in [3.8, 4) is 0 Å². The van der Waals surface area contributed by atoms with Crippen LogP contribution in [0.1, 0.15) is 42.6 Å². The van der Waals surface area contributed by atoms with Gasteiger partial charge in [0.05, 0.1) is 17.4 Å². The number of likely N-dealkylation sites (N-methyl/N-ethyl adjacent to an activating group) is 1. The van der Waals surface area contributed by atoms with Crippen LogP contribution in [0.4, 0.5) is 5.69 Å². The summed E-state index contributed by atoms with van der Waals surface area (Å²) in [6, 6.07) is 6.00. The molecule has 5 heteroatoms. The molecule has 0 radical (unpaired) electrons. The van der Waals surface area contributed by atoms with E-state index in [0.29, 0.717) is 5.56 Å². The molecule has 0 saturated heterocycles. The Labute approximate surface area is 150 Å². The van der Waals surface area contributed by atoms with Crippen molar-refractivity contribution in [3.63, 3.8) is 0 Å². The maximum absolute atomic E-state index is 12.7. The van der Waals surface area contributed by atoms with Crippen molar-refractivity contribution in [1.82, 2.24) is 14.9 Å². The molecule has 0 aliphatic heterocycles. The predicted molar refractivity (Wildman–Crippen MR) is 102 cm³/mol. The SMILES string of the molecule is CCCN(CCC)C(=O)c1cncc(N(C)CCc2ccncc2)c1. The van der Waals surface area contributed by atoms with Gasteiger partial charge in [-0.1, -0.05) is 13.8 Å². The Morgan fingerprint density at radius 1 is 1.00 bits per heavy atom. The number of carbonyl (C=O) groups excluding carboxylic acids is 1. The molecule has 0 N–H and O–H groups in total. The van der Waals surface area contributed by atoms with Gasteiger partial charge in [0.15, 0.2) is 0 Å². The molecule has 0 saturated carbocycles. The number of pyridine rings is 2. The minimum atomic E-state index is 0.0700. The fourth-order valence-electron chi connectivity index (χ4n) is 2.77. The molecule has 2 heterocycles. The summed E-state index contributed by atoms with van der Waals surface area (Å²) in [4.78, 5) is 25.1. The lowest BCUT2D eigenvalue weighted by molar-refractivity contribution is 0.0755. The average molecular weight is 340 g/mol. The molecule has 0 spiro atoms. The third-order valence-corrected chi connectivity index (χ3v) is 4.17. The van der Waals surface area contributed by atoms with E-state index in [0.717, 1.165) is 44.6 Å². The van der Waals surface area contributed by atoms with E-state index < -0.39 is 0 Å². The average Bonchev–Trinajstić information content (AvgIpc) is 2.66. The van der Waals surface area contributed by atoms with E-state index in [-0.39, 0.29) is 5.91 Å². The van der Waals surface area contributed by atoms with Crippen LogP contribution in [0.5, 0.6) is 0 Å². The second-order valence-corrected chi connectivity index (χ2v) is 6.25. The number of hydrogen-bond acceptors (Lipinski definition) is 4. The molecule has 2 rings (SSSR count). The molecule has 0 aliphatic carbocycles. The van der Waals surface area contributed by atoms with Crippen molar-refractivity contribution in [2.45, 2.75) is 33.1 Å². The van der Waals surface area contributed by atoms with Crippen LogP contribution >= 0.6 is 0 Å².